The number of phenolic OH excluding ortho intramolecular Hbond substituents is 1. The lowest BCUT2D eigenvalue weighted by Gasteiger charge is -2.24. The summed E-state index contributed by atoms with van der Waals surface area (Å²) in [5, 5.41) is 12.3. The Morgan fingerprint density at radius 1 is 0.806 bits per heavy atom. The molecule has 0 bridgehead atoms. The fraction of sp³-hybridized carbons (Fsp3) is 0.0769. The van der Waals surface area contributed by atoms with E-state index in [9.17, 15) is 14.7 Å². The van der Waals surface area contributed by atoms with Gasteiger partial charge in [-0.05, 0) is 54.8 Å². The highest BCUT2D eigenvalue weighted by Crippen LogP contribution is 2.34. The molecule has 0 unspecified atom stereocenters. The molecule has 0 aliphatic heterocycles. The van der Waals surface area contributed by atoms with E-state index in [1.54, 1.807) is 36.4 Å². The highest BCUT2D eigenvalue weighted by Gasteiger charge is 2.24. The van der Waals surface area contributed by atoms with Gasteiger partial charge in [0, 0.05) is 16.8 Å². The number of hydrogen-bond donors (Lipinski definition) is 1. The second kappa shape index (κ2) is 8.32. The summed E-state index contributed by atoms with van der Waals surface area (Å²) in [5.74, 6) is -0.892. The summed E-state index contributed by atoms with van der Waals surface area (Å²) in [6, 6.07) is 24.9. The van der Waals surface area contributed by atoms with Gasteiger partial charge >= 0.3 is 5.97 Å². The Balaban J connectivity index is 1.83. The van der Waals surface area contributed by atoms with E-state index in [2.05, 4.69) is 0 Å². The fourth-order valence-corrected chi connectivity index (χ4v) is 3.49. The zero-order chi connectivity index (χ0) is 22.0. The molecule has 0 saturated heterocycles. The molecule has 0 aromatic heterocycles. The number of hydrogen-bond acceptors (Lipinski definition) is 4. The lowest BCUT2D eigenvalue weighted by molar-refractivity contribution is 0.0600. The minimum Gasteiger partial charge on any atom is -0.506 e. The minimum atomic E-state index is -0.452. The summed E-state index contributed by atoms with van der Waals surface area (Å²) in [6.45, 7) is 1.97. The van der Waals surface area contributed by atoms with Crippen LogP contribution in [-0.2, 0) is 4.74 Å². The van der Waals surface area contributed by atoms with E-state index in [0.717, 1.165) is 10.9 Å². The number of carbonyl (C=O) groups is 2. The molecule has 0 heterocycles. The van der Waals surface area contributed by atoms with Crippen molar-refractivity contribution < 1.29 is 19.4 Å². The van der Waals surface area contributed by atoms with Crippen molar-refractivity contribution in [1.29, 1.82) is 0 Å². The largest absolute Gasteiger partial charge is 0.506 e. The van der Waals surface area contributed by atoms with Crippen LogP contribution in [-0.4, -0.2) is 24.1 Å². The van der Waals surface area contributed by atoms with Gasteiger partial charge in [-0.3, -0.25) is 9.69 Å². The zero-order valence-electron chi connectivity index (χ0n) is 17.2. The van der Waals surface area contributed by atoms with E-state index >= 15 is 0 Å². The van der Waals surface area contributed by atoms with Gasteiger partial charge in [0.1, 0.15) is 5.75 Å². The second-order valence-electron chi connectivity index (χ2n) is 7.20. The van der Waals surface area contributed by atoms with Crippen LogP contribution in [0.1, 0.15) is 26.3 Å². The van der Waals surface area contributed by atoms with Crippen molar-refractivity contribution in [3.05, 3.63) is 102 Å². The molecule has 4 aromatic rings. The number of nitrogens with zero attached hydrogens (tertiary/aromatic N) is 1. The van der Waals surface area contributed by atoms with E-state index in [-0.39, 0.29) is 17.2 Å². The van der Waals surface area contributed by atoms with Crippen LogP contribution in [0.2, 0.25) is 0 Å². The number of anilines is 2. The fourth-order valence-electron chi connectivity index (χ4n) is 3.49. The average Bonchev–Trinajstić information content (AvgIpc) is 2.81. The number of methoxy groups -OCH3 is 1. The van der Waals surface area contributed by atoms with Gasteiger partial charge in [0.05, 0.1) is 18.2 Å². The SMILES string of the molecule is COC(=O)c1ccc(N(C(=O)c2ccc3ccccc3c2O)c2ccc(C)cc2)cc1. The monoisotopic (exact) mass is 411 g/mol. The van der Waals surface area contributed by atoms with Crippen molar-refractivity contribution >= 4 is 34.0 Å². The molecule has 1 amide bonds. The van der Waals surface area contributed by atoms with Crippen LogP contribution in [0.5, 0.6) is 5.75 Å². The molecule has 0 spiro atoms. The number of aryl methyl sites for hydroxylation is 1. The molecule has 0 aliphatic rings. The summed E-state index contributed by atoms with van der Waals surface area (Å²) in [5.41, 5.74) is 2.85. The number of amides is 1. The minimum absolute atomic E-state index is 0.0635. The number of carbonyl (C=O) groups excluding carboxylic acids is 2. The Bertz CT molecular complexity index is 1260. The lowest BCUT2D eigenvalue weighted by Crippen LogP contribution is -2.26. The number of fused-ring (bicyclic) bond motifs is 1. The first-order valence-electron chi connectivity index (χ1n) is 9.80. The van der Waals surface area contributed by atoms with Crippen molar-refractivity contribution in [3.63, 3.8) is 0 Å². The molecule has 0 saturated carbocycles. The molecule has 31 heavy (non-hydrogen) atoms. The predicted octanol–water partition coefficient (Wildman–Crippen LogP) is 5.62. The summed E-state index contributed by atoms with van der Waals surface area (Å²) < 4.78 is 4.76. The number of ether oxygens (including phenoxy) is 1. The highest BCUT2D eigenvalue weighted by atomic mass is 16.5. The van der Waals surface area contributed by atoms with Crippen LogP contribution in [0.3, 0.4) is 0 Å². The zero-order valence-corrected chi connectivity index (χ0v) is 17.2. The molecule has 5 heteroatoms. The lowest BCUT2D eigenvalue weighted by atomic mass is 10.0. The summed E-state index contributed by atoms with van der Waals surface area (Å²) >= 11 is 0. The molecular weight excluding hydrogens is 390 g/mol. The first kappa shape index (κ1) is 20.2. The number of benzene rings is 4. The Hall–Kier alpha value is -4.12. The number of rotatable bonds is 4. The van der Waals surface area contributed by atoms with E-state index in [0.29, 0.717) is 22.3 Å². The topological polar surface area (TPSA) is 66.8 Å². The molecule has 0 radical (unpaired) electrons. The maximum absolute atomic E-state index is 13.6. The van der Waals surface area contributed by atoms with Crippen molar-refractivity contribution in [2.24, 2.45) is 0 Å². The maximum atomic E-state index is 13.6. The summed E-state index contributed by atoms with van der Waals surface area (Å²) in [6.07, 6.45) is 0. The third-order valence-corrected chi connectivity index (χ3v) is 5.17. The summed E-state index contributed by atoms with van der Waals surface area (Å²) in [4.78, 5) is 27.0. The van der Waals surface area contributed by atoms with Crippen LogP contribution in [0.25, 0.3) is 10.8 Å². The number of aromatic hydroxyl groups is 1. The molecule has 5 nitrogen and oxygen atoms in total. The van der Waals surface area contributed by atoms with Gasteiger partial charge in [-0.1, -0.05) is 48.0 Å². The Kier molecular flexibility index (Phi) is 5.41. The van der Waals surface area contributed by atoms with Gasteiger partial charge in [0.25, 0.3) is 5.91 Å². The van der Waals surface area contributed by atoms with Gasteiger partial charge < -0.3 is 9.84 Å². The van der Waals surface area contributed by atoms with E-state index < -0.39 is 5.97 Å². The quantitative estimate of drug-likeness (QED) is 0.443. The van der Waals surface area contributed by atoms with Crippen molar-refractivity contribution in [2.45, 2.75) is 6.92 Å². The van der Waals surface area contributed by atoms with Crippen LogP contribution < -0.4 is 4.90 Å². The molecule has 0 atom stereocenters. The smallest absolute Gasteiger partial charge is 0.337 e. The number of esters is 1. The molecule has 4 aromatic carbocycles. The molecule has 154 valence electrons. The maximum Gasteiger partial charge on any atom is 0.337 e. The van der Waals surface area contributed by atoms with Gasteiger partial charge in [-0.25, -0.2) is 4.79 Å². The predicted molar refractivity (Wildman–Crippen MR) is 121 cm³/mol. The third-order valence-electron chi connectivity index (χ3n) is 5.17. The molecule has 1 N–H and O–H groups in total. The third kappa shape index (κ3) is 3.85. The Morgan fingerprint density at radius 2 is 1.42 bits per heavy atom. The normalized spacial score (nSPS) is 10.6. The molecule has 0 fully saturated rings. The first-order valence-corrected chi connectivity index (χ1v) is 9.80. The van der Waals surface area contributed by atoms with Crippen LogP contribution in [0.4, 0.5) is 11.4 Å². The Labute approximate surface area is 180 Å². The van der Waals surface area contributed by atoms with Crippen LogP contribution in [0, 0.1) is 6.92 Å². The average molecular weight is 411 g/mol. The molecule has 4 rings (SSSR count). The van der Waals surface area contributed by atoms with E-state index in [1.807, 2.05) is 55.5 Å². The number of phenols is 1. The standard InChI is InChI=1S/C26H21NO4/c1-17-7-12-20(13-8-17)27(21-14-9-19(10-15-21)26(30)31-2)25(29)23-16-11-18-5-3-4-6-22(18)24(23)28/h3-16,28H,1-2H3. The van der Waals surface area contributed by atoms with Gasteiger partial charge in [0.2, 0.25) is 0 Å². The van der Waals surface area contributed by atoms with Crippen molar-refractivity contribution in [3.8, 4) is 5.75 Å². The van der Waals surface area contributed by atoms with Gasteiger partial charge in [0.15, 0.2) is 0 Å². The molecule has 0 aliphatic carbocycles. The summed E-state index contributed by atoms with van der Waals surface area (Å²) in [7, 11) is 1.32. The molecular formula is C26H21NO4. The van der Waals surface area contributed by atoms with Crippen molar-refractivity contribution in [1.82, 2.24) is 0 Å². The van der Waals surface area contributed by atoms with E-state index in [1.165, 1.54) is 12.0 Å². The highest BCUT2D eigenvalue weighted by molar-refractivity contribution is 6.14. The van der Waals surface area contributed by atoms with Crippen molar-refractivity contribution in [2.75, 3.05) is 12.0 Å². The van der Waals surface area contributed by atoms with Crippen LogP contribution in [0.15, 0.2) is 84.9 Å². The Morgan fingerprint density at radius 3 is 2.06 bits per heavy atom. The van der Waals surface area contributed by atoms with Crippen LogP contribution >= 0.6 is 0 Å². The van der Waals surface area contributed by atoms with Gasteiger partial charge in [-0.2, -0.15) is 0 Å². The first-order chi connectivity index (χ1) is 15.0. The van der Waals surface area contributed by atoms with Gasteiger partial charge in [-0.15, -0.1) is 0 Å². The van der Waals surface area contributed by atoms with E-state index in [4.69, 9.17) is 4.74 Å². The second-order valence-corrected chi connectivity index (χ2v) is 7.20.